The van der Waals surface area contributed by atoms with Crippen LogP contribution in [0.3, 0.4) is 0 Å². The largest absolute Gasteiger partial charge is 0.460 e. The van der Waals surface area contributed by atoms with Gasteiger partial charge in [-0.3, -0.25) is 14.4 Å². The fourth-order valence-electron chi connectivity index (χ4n) is 4.14. The first-order valence-electron chi connectivity index (χ1n) is 14.0. The third-order valence-corrected chi connectivity index (χ3v) is 6.13. The number of hydrogen-bond acceptors (Lipinski definition) is 10. The Labute approximate surface area is 240 Å². The van der Waals surface area contributed by atoms with E-state index in [1.165, 1.54) is 6.07 Å². The zero-order valence-electron chi connectivity index (χ0n) is 23.7. The molecule has 0 saturated carbocycles. The summed E-state index contributed by atoms with van der Waals surface area (Å²) in [4.78, 5) is 50.5. The van der Waals surface area contributed by atoms with Crippen molar-refractivity contribution < 1.29 is 47.6 Å². The van der Waals surface area contributed by atoms with Gasteiger partial charge in [-0.2, -0.15) is 0 Å². The SMILES string of the molecule is CCCC(=O)O[C@@H]1[C@@H](OC(=O)CCC)[C@H](Oc2ccccc2C(=O)OCc2ccccc2)OC[C@H]1OC(=O)CCC. The Balaban J connectivity index is 1.87. The fourth-order valence-corrected chi connectivity index (χ4v) is 4.14. The van der Waals surface area contributed by atoms with E-state index in [1.54, 1.807) is 18.2 Å². The molecule has 1 saturated heterocycles. The number of rotatable bonds is 14. The molecule has 0 N–H and O–H groups in total. The van der Waals surface area contributed by atoms with E-state index in [4.69, 9.17) is 28.4 Å². The summed E-state index contributed by atoms with van der Waals surface area (Å²) >= 11 is 0. The lowest BCUT2D eigenvalue weighted by Gasteiger charge is -2.40. The van der Waals surface area contributed by atoms with Gasteiger partial charge in [-0.05, 0) is 37.0 Å². The van der Waals surface area contributed by atoms with Gasteiger partial charge in [-0.15, -0.1) is 0 Å². The molecule has 2 aromatic carbocycles. The molecule has 0 amide bonds. The molecule has 1 aliphatic rings. The Morgan fingerprint density at radius 1 is 0.732 bits per heavy atom. The molecule has 2 aromatic rings. The molecule has 0 radical (unpaired) electrons. The summed E-state index contributed by atoms with van der Waals surface area (Å²) in [6, 6.07) is 15.6. The quantitative estimate of drug-likeness (QED) is 0.228. The van der Waals surface area contributed by atoms with Gasteiger partial charge in [0.05, 0.1) is 6.61 Å². The highest BCUT2D eigenvalue weighted by atomic mass is 16.7. The van der Waals surface area contributed by atoms with Crippen LogP contribution in [0, 0.1) is 0 Å². The van der Waals surface area contributed by atoms with Crippen LogP contribution in [0.1, 0.15) is 75.2 Å². The normalized spacial score (nSPS) is 20.0. The maximum absolute atomic E-state index is 13.0. The molecule has 1 heterocycles. The van der Waals surface area contributed by atoms with E-state index in [9.17, 15) is 19.2 Å². The van der Waals surface area contributed by atoms with Crippen molar-refractivity contribution in [2.45, 2.75) is 90.5 Å². The van der Waals surface area contributed by atoms with Crippen molar-refractivity contribution in [2.24, 2.45) is 0 Å². The summed E-state index contributed by atoms with van der Waals surface area (Å²) in [6.45, 7) is 5.34. The minimum Gasteiger partial charge on any atom is -0.460 e. The number of benzene rings is 2. The summed E-state index contributed by atoms with van der Waals surface area (Å²) < 4.78 is 34.4. The van der Waals surface area contributed by atoms with Crippen LogP contribution in [0.5, 0.6) is 5.75 Å². The molecule has 1 aliphatic heterocycles. The number of esters is 4. The zero-order chi connectivity index (χ0) is 29.6. The summed E-state index contributed by atoms with van der Waals surface area (Å²) in [5.74, 6) is -2.12. The Bertz CT molecular complexity index is 1150. The highest BCUT2D eigenvalue weighted by molar-refractivity contribution is 5.92. The van der Waals surface area contributed by atoms with Gasteiger partial charge in [-0.25, -0.2) is 4.79 Å². The van der Waals surface area contributed by atoms with E-state index in [1.807, 2.05) is 51.1 Å². The molecule has 4 atom stereocenters. The summed E-state index contributed by atoms with van der Waals surface area (Å²) in [7, 11) is 0. The Kier molecular flexibility index (Phi) is 12.6. The van der Waals surface area contributed by atoms with E-state index in [0.717, 1.165) is 5.56 Å². The predicted molar refractivity (Wildman–Crippen MR) is 147 cm³/mol. The second-order valence-corrected chi connectivity index (χ2v) is 9.56. The van der Waals surface area contributed by atoms with Crippen LogP contribution < -0.4 is 4.74 Å². The summed E-state index contributed by atoms with van der Waals surface area (Å²) in [5, 5.41) is 0. The summed E-state index contributed by atoms with van der Waals surface area (Å²) in [5.41, 5.74) is 0.944. The third kappa shape index (κ3) is 9.60. The second-order valence-electron chi connectivity index (χ2n) is 9.56. The van der Waals surface area contributed by atoms with E-state index in [0.29, 0.717) is 19.3 Å². The van der Waals surface area contributed by atoms with Crippen molar-refractivity contribution >= 4 is 23.9 Å². The number of carbonyl (C=O) groups is 4. The lowest BCUT2D eigenvalue weighted by atomic mass is 10.0. The second kappa shape index (κ2) is 16.4. The monoisotopic (exact) mass is 570 g/mol. The molecular weight excluding hydrogens is 532 g/mol. The van der Waals surface area contributed by atoms with Crippen molar-refractivity contribution in [1.29, 1.82) is 0 Å². The van der Waals surface area contributed by atoms with Crippen LogP contribution in [0.4, 0.5) is 0 Å². The minimum absolute atomic E-state index is 0.0610. The van der Waals surface area contributed by atoms with Crippen LogP contribution in [-0.4, -0.2) is 55.1 Å². The lowest BCUT2D eigenvalue weighted by molar-refractivity contribution is -0.261. The lowest BCUT2D eigenvalue weighted by Crippen LogP contribution is -2.59. The molecule has 0 aliphatic carbocycles. The van der Waals surface area contributed by atoms with Crippen LogP contribution >= 0.6 is 0 Å². The van der Waals surface area contributed by atoms with Crippen LogP contribution in [0.25, 0.3) is 0 Å². The van der Waals surface area contributed by atoms with Gasteiger partial charge in [0.1, 0.15) is 17.9 Å². The average Bonchev–Trinajstić information content (AvgIpc) is 2.96. The Morgan fingerprint density at radius 3 is 1.93 bits per heavy atom. The smallest absolute Gasteiger partial charge is 0.342 e. The average molecular weight is 571 g/mol. The van der Waals surface area contributed by atoms with E-state index in [2.05, 4.69) is 0 Å². The molecule has 10 nitrogen and oxygen atoms in total. The first kappa shape index (κ1) is 31.6. The van der Waals surface area contributed by atoms with Gasteiger partial charge in [0.15, 0.2) is 12.2 Å². The predicted octanol–water partition coefficient (Wildman–Crippen LogP) is 4.91. The van der Waals surface area contributed by atoms with E-state index < -0.39 is 48.5 Å². The molecule has 41 heavy (non-hydrogen) atoms. The van der Waals surface area contributed by atoms with E-state index >= 15 is 0 Å². The van der Waals surface area contributed by atoms with Gasteiger partial charge >= 0.3 is 23.9 Å². The Hall–Kier alpha value is -3.92. The number of para-hydroxylation sites is 1. The van der Waals surface area contributed by atoms with Gasteiger partial charge in [-0.1, -0.05) is 63.2 Å². The first-order valence-corrected chi connectivity index (χ1v) is 14.0. The molecule has 0 aromatic heterocycles. The third-order valence-electron chi connectivity index (χ3n) is 6.13. The van der Waals surface area contributed by atoms with Crippen LogP contribution in [0.15, 0.2) is 54.6 Å². The maximum atomic E-state index is 13.0. The molecule has 0 spiro atoms. The molecule has 0 unspecified atom stereocenters. The van der Waals surface area contributed by atoms with Crippen molar-refractivity contribution in [1.82, 2.24) is 0 Å². The number of hydrogen-bond donors (Lipinski definition) is 0. The molecule has 1 fully saturated rings. The Morgan fingerprint density at radius 2 is 1.29 bits per heavy atom. The maximum Gasteiger partial charge on any atom is 0.342 e. The van der Waals surface area contributed by atoms with Crippen molar-refractivity contribution in [3.63, 3.8) is 0 Å². The summed E-state index contributed by atoms with van der Waals surface area (Å²) in [6.07, 6.45) is -2.80. The minimum atomic E-state index is -1.28. The van der Waals surface area contributed by atoms with E-state index in [-0.39, 0.29) is 43.8 Å². The van der Waals surface area contributed by atoms with Crippen LogP contribution in [0.2, 0.25) is 0 Å². The van der Waals surface area contributed by atoms with Crippen molar-refractivity contribution in [2.75, 3.05) is 6.61 Å². The molecule has 0 bridgehead atoms. The molecule has 10 heteroatoms. The molecule has 222 valence electrons. The first-order chi connectivity index (χ1) is 19.9. The van der Waals surface area contributed by atoms with Gasteiger partial charge < -0.3 is 28.4 Å². The van der Waals surface area contributed by atoms with Gasteiger partial charge in [0, 0.05) is 19.3 Å². The van der Waals surface area contributed by atoms with Crippen LogP contribution in [-0.2, 0) is 44.7 Å². The fraction of sp³-hybridized carbons (Fsp3) is 0.484. The van der Waals surface area contributed by atoms with Gasteiger partial charge in [0.25, 0.3) is 0 Å². The topological polar surface area (TPSA) is 124 Å². The number of carbonyl (C=O) groups excluding carboxylic acids is 4. The highest BCUT2D eigenvalue weighted by Gasteiger charge is 2.49. The zero-order valence-corrected chi connectivity index (χ0v) is 23.7. The van der Waals surface area contributed by atoms with Crippen molar-refractivity contribution in [3.8, 4) is 5.75 Å². The molecular formula is C31H38O10. The standard InChI is InChI=1S/C31H38O10/c1-4-12-25(32)38-24-20-37-31(29(41-27(34)14-6-3)28(24)40-26(33)13-5-2)39-23-18-11-10-17-22(23)30(35)36-19-21-15-8-7-9-16-21/h7-11,15-18,24,28-29,31H,4-6,12-14,19-20H2,1-3H3/t24-,28+,29-,31+/m1/s1. The van der Waals surface area contributed by atoms with Gasteiger partial charge in [0.2, 0.25) is 12.4 Å². The van der Waals surface area contributed by atoms with Crippen molar-refractivity contribution in [3.05, 3.63) is 65.7 Å². The number of ether oxygens (including phenoxy) is 6. The molecule has 3 rings (SSSR count). The highest BCUT2D eigenvalue weighted by Crippen LogP contribution is 2.29.